The van der Waals surface area contributed by atoms with E-state index in [0.29, 0.717) is 5.25 Å². The van der Waals surface area contributed by atoms with E-state index in [1.807, 2.05) is 4.68 Å². The Morgan fingerprint density at radius 2 is 2.18 bits per heavy atom. The molecule has 116 valence electrons. The average molecular weight is 316 g/mol. The van der Waals surface area contributed by atoms with Gasteiger partial charge in [-0.3, -0.25) is 0 Å². The molecule has 0 bridgehead atoms. The van der Waals surface area contributed by atoms with Gasteiger partial charge in [-0.1, -0.05) is 36.0 Å². The largest absolute Gasteiger partial charge is 0.376 e. The quantitative estimate of drug-likeness (QED) is 0.868. The van der Waals surface area contributed by atoms with Gasteiger partial charge in [0.05, 0.1) is 12.6 Å². The predicted molar refractivity (Wildman–Crippen MR) is 84.8 cm³/mol. The van der Waals surface area contributed by atoms with Crippen molar-refractivity contribution in [1.29, 1.82) is 0 Å². The van der Waals surface area contributed by atoms with Crippen LogP contribution in [0.5, 0.6) is 0 Å². The molecule has 1 fully saturated rings. The van der Waals surface area contributed by atoms with Crippen molar-refractivity contribution in [3.63, 3.8) is 0 Å². The van der Waals surface area contributed by atoms with Crippen LogP contribution < -0.4 is 0 Å². The maximum atomic E-state index is 5.70. The number of ether oxygens (including phenoxy) is 1. The highest BCUT2D eigenvalue weighted by Gasteiger charge is 2.24. The molecule has 1 saturated heterocycles. The van der Waals surface area contributed by atoms with Crippen LogP contribution in [-0.4, -0.2) is 32.9 Å². The molecule has 0 spiro atoms. The molecular formula is C16H20N4OS. The van der Waals surface area contributed by atoms with Crippen molar-refractivity contribution in [3.05, 3.63) is 35.4 Å². The molecule has 2 heterocycles. The Bertz CT molecular complexity index is 639. The third-order valence-electron chi connectivity index (χ3n) is 4.46. The fourth-order valence-electron chi connectivity index (χ4n) is 3.34. The molecule has 0 unspecified atom stereocenters. The minimum Gasteiger partial charge on any atom is -0.376 e. The van der Waals surface area contributed by atoms with Gasteiger partial charge in [0, 0.05) is 11.9 Å². The summed E-state index contributed by atoms with van der Waals surface area (Å²) in [6.07, 6.45) is 6.13. The molecule has 1 aliphatic carbocycles. The van der Waals surface area contributed by atoms with E-state index in [2.05, 4.69) is 39.8 Å². The normalized spacial score (nSPS) is 24.4. The number of hydrogen-bond acceptors (Lipinski definition) is 5. The number of tetrazole rings is 1. The van der Waals surface area contributed by atoms with Gasteiger partial charge in [-0.25, -0.2) is 4.68 Å². The second-order valence-corrected chi connectivity index (χ2v) is 7.15. The van der Waals surface area contributed by atoms with E-state index in [4.69, 9.17) is 4.74 Å². The van der Waals surface area contributed by atoms with E-state index in [0.717, 1.165) is 31.1 Å². The van der Waals surface area contributed by atoms with Crippen molar-refractivity contribution >= 4 is 11.8 Å². The molecule has 1 aromatic carbocycles. The Hall–Kier alpha value is -1.40. The molecule has 22 heavy (non-hydrogen) atoms. The SMILES string of the molecule is c1ccc2c(c1)CCC[C@@H]2Sc1nnnn1C[C@H]1CCCO1. The van der Waals surface area contributed by atoms with Gasteiger partial charge in [-0.05, 0) is 53.7 Å². The first-order valence-electron chi connectivity index (χ1n) is 8.02. The summed E-state index contributed by atoms with van der Waals surface area (Å²) >= 11 is 1.80. The Labute approximate surface area is 134 Å². The van der Waals surface area contributed by atoms with Gasteiger partial charge >= 0.3 is 0 Å². The predicted octanol–water partition coefficient (Wildman–Crippen LogP) is 3.02. The molecule has 2 aliphatic rings. The van der Waals surface area contributed by atoms with Gasteiger partial charge in [-0.2, -0.15) is 0 Å². The molecule has 2 atom stereocenters. The molecule has 5 nitrogen and oxygen atoms in total. The van der Waals surface area contributed by atoms with Crippen LogP contribution in [0, 0.1) is 0 Å². The van der Waals surface area contributed by atoms with Crippen LogP contribution >= 0.6 is 11.8 Å². The van der Waals surface area contributed by atoms with Crippen molar-refractivity contribution in [2.75, 3.05) is 6.61 Å². The van der Waals surface area contributed by atoms with Crippen molar-refractivity contribution in [3.8, 4) is 0 Å². The van der Waals surface area contributed by atoms with Crippen LogP contribution in [0.25, 0.3) is 0 Å². The smallest absolute Gasteiger partial charge is 0.209 e. The fraction of sp³-hybridized carbons (Fsp3) is 0.562. The van der Waals surface area contributed by atoms with Gasteiger partial charge in [0.25, 0.3) is 0 Å². The van der Waals surface area contributed by atoms with Crippen LogP contribution in [0.3, 0.4) is 0 Å². The second-order valence-electron chi connectivity index (χ2n) is 5.98. The van der Waals surface area contributed by atoms with E-state index in [-0.39, 0.29) is 6.10 Å². The third kappa shape index (κ3) is 2.90. The molecule has 2 aromatic rings. The highest BCUT2D eigenvalue weighted by atomic mass is 32.2. The summed E-state index contributed by atoms with van der Waals surface area (Å²) in [6.45, 7) is 1.63. The Balaban J connectivity index is 1.51. The Morgan fingerprint density at radius 3 is 3.09 bits per heavy atom. The van der Waals surface area contributed by atoms with E-state index in [1.165, 1.54) is 30.4 Å². The molecule has 0 amide bonds. The van der Waals surface area contributed by atoms with Crippen molar-refractivity contribution < 1.29 is 4.74 Å². The first-order valence-corrected chi connectivity index (χ1v) is 8.90. The van der Waals surface area contributed by atoms with E-state index in [1.54, 1.807) is 11.8 Å². The molecule has 1 aromatic heterocycles. The zero-order chi connectivity index (χ0) is 14.8. The molecule has 1 aliphatic heterocycles. The zero-order valence-electron chi connectivity index (χ0n) is 12.5. The van der Waals surface area contributed by atoms with Crippen molar-refractivity contribution in [1.82, 2.24) is 20.2 Å². The van der Waals surface area contributed by atoms with Crippen molar-refractivity contribution in [2.45, 2.75) is 55.2 Å². The minimum atomic E-state index is 0.265. The summed E-state index contributed by atoms with van der Waals surface area (Å²) in [5.41, 5.74) is 2.93. The Morgan fingerprint density at radius 1 is 1.23 bits per heavy atom. The number of rotatable bonds is 4. The number of aromatic nitrogens is 4. The van der Waals surface area contributed by atoms with Crippen LogP contribution in [0.1, 0.15) is 42.1 Å². The molecule has 0 radical (unpaired) electrons. The van der Waals surface area contributed by atoms with Crippen molar-refractivity contribution in [2.24, 2.45) is 0 Å². The fourth-order valence-corrected chi connectivity index (χ4v) is 4.55. The molecule has 0 saturated carbocycles. The van der Waals surface area contributed by atoms with Crippen LogP contribution in [0.4, 0.5) is 0 Å². The maximum Gasteiger partial charge on any atom is 0.209 e. The lowest BCUT2D eigenvalue weighted by Gasteiger charge is -2.24. The van der Waals surface area contributed by atoms with Crippen LogP contribution in [-0.2, 0) is 17.7 Å². The summed E-state index contributed by atoms with van der Waals surface area (Å²) in [6, 6.07) is 8.76. The van der Waals surface area contributed by atoms with E-state index in [9.17, 15) is 0 Å². The van der Waals surface area contributed by atoms with Gasteiger partial charge in [0.2, 0.25) is 5.16 Å². The molecular weight excluding hydrogens is 296 g/mol. The lowest BCUT2D eigenvalue weighted by Crippen LogP contribution is -2.17. The zero-order valence-corrected chi connectivity index (χ0v) is 13.3. The summed E-state index contributed by atoms with van der Waals surface area (Å²) in [5.74, 6) is 0. The maximum absolute atomic E-state index is 5.70. The van der Waals surface area contributed by atoms with Gasteiger partial charge in [0.15, 0.2) is 0 Å². The summed E-state index contributed by atoms with van der Waals surface area (Å²) in [4.78, 5) is 0. The van der Waals surface area contributed by atoms with Gasteiger partial charge in [-0.15, -0.1) is 5.10 Å². The first kappa shape index (κ1) is 14.2. The lowest BCUT2D eigenvalue weighted by atomic mass is 9.91. The summed E-state index contributed by atoms with van der Waals surface area (Å²) in [5, 5.41) is 13.6. The third-order valence-corrected chi connectivity index (χ3v) is 5.74. The minimum absolute atomic E-state index is 0.265. The second kappa shape index (κ2) is 6.38. The standard InChI is InChI=1S/C16H20N4OS/c1-2-8-14-12(5-1)6-3-9-15(14)22-16-17-18-19-20(16)11-13-7-4-10-21-13/h1-2,5,8,13,15H,3-4,6-7,9-11H2/t13-,15+/m1/s1. The molecule has 6 heteroatoms. The molecule has 4 rings (SSSR count). The number of benzene rings is 1. The highest BCUT2D eigenvalue weighted by molar-refractivity contribution is 7.99. The van der Waals surface area contributed by atoms with Crippen LogP contribution in [0.15, 0.2) is 29.4 Å². The van der Waals surface area contributed by atoms with Gasteiger partial charge < -0.3 is 4.74 Å². The van der Waals surface area contributed by atoms with E-state index >= 15 is 0 Å². The number of fused-ring (bicyclic) bond motifs is 1. The number of hydrogen-bond donors (Lipinski definition) is 0. The number of thioether (sulfide) groups is 1. The van der Waals surface area contributed by atoms with Crippen LogP contribution in [0.2, 0.25) is 0 Å². The lowest BCUT2D eigenvalue weighted by molar-refractivity contribution is 0.0911. The van der Waals surface area contributed by atoms with Gasteiger partial charge in [0.1, 0.15) is 0 Å². The topological polar surface area (TPSA) is 52.8 Å². The number of aryl methyl sites for hydroxylation is 1. The first-order chi connectivity index (χ1) is 10.9. The molecule has 0 N–H and O–H groups in total. The Kier molecular flexibility index (Phi) is 4.12. The monoisotopic (exact) mass is 316 g/mol. The summed E-state index contributed by atoms with van der Waals surface area (Å²) in [7, 11) is 0. The average Bonchev–Trinajstić information content (AvgIpc) is 3.21. The van der Waals surface area contributed by atoms with E-state index < -0.39 is 0 Å². The number of nitrogens with zero attached hydrogens (tertiary/aromatic N) is 4. The highest BCUT2D eigenvalue weighted by Crippen LogP contribution is 2.42. The summed E-state index contributed by atoms with van der Waals surface area (Å²) < 4.78 is 7.62.